The Kier molecular flexibility index (Phi) is 1.99. The summed E-state index contributed by atoms with van der Waals surface area (Å²) in [7, 11) is 0. The zero-order valence-corrected chi connectivity index (χ0v) is 7.30. The van der Waals surface area contributed by atoms with Crippen molar-refractivity contribution < 1.29 is 13.2 Å². The van der Waals surface area contributed by atoms with Gasteiger partial charge in [-0.25, -0.2) is 4.98 Å². The number of halogens is 3. The van der Waals surface area contributed by atoms with Gasteiger partial charge in [-0.2, -0.15) is 13.2 Å². The molecule has 0 radical (unpaired) electrons. The number of benzene rings is 1. The molecule has 1 aromatic heterocycles. The molecule has 1 N–H and O–H groups in total. The number of nitrogens with zero attached hydrogens (tertiary/aromatic N) is 1. The Morgan fingerprint density at radius 1 is 1.27 bits per heavy atom. The van der Waals surface area contributed by atoms with Crippen LogP contribution in [0.5, 0.6) is 0 Å². The summed E-state index contributed by atoms with van der Waals surface area (Å²) in [6.45, 7) is 0. The van der Waals surface area contributed by atoms with Crippen molar-refractivity contribution in [3.8, 4) is 0 Å². The molecule has 3 nitrogen and oxygen atoms in total. The molecule has 1 heterocycles. The molecule has 78 valence electrons. The van der Waals surface area contributed by atoms with Crippen molar-refractivity contribution in [2.45, 2.75) is 6.18 Å². The number of nitrogens with one attached hydrogen (secondary N) is 1. The van der Waals surface area contributed by atoms with Crippen LogP contribution in [-0.4, -0.2) is 9.97 Å². The zero-order valence-electron chi connectivity index (χ0n) is 7.30. The second kappa shape index (κ2) is 3.08. The van der Waals surface area contributed by atoms with Gasteiger partial charge in [0, 0.05) is 0 Å². The molecular weight excluding hydrogens is 209 g/mol. The number of H-pyrrole nitrogens is 1. The first-order valence-electron chi connectivity index (χ1n) is 4.04. The predicted molar refractivity (Wildman–Crippen MR) is 47.4 cm³/mol. The maximum Gasteiger partial charge on any atom is 0.418 e. The minimum Gasteiger partial charge on any atom is -0.313 e. The van der Waals surface area contributed by atoms with E-state index in [-0.39, 0.29) is 10.9 Å². The lowest BCUT2D eigenvalue weighted by Crippen LogP contribution is -2.12. The fourth-order valence-electron chi connectivity index (χ4n) is 1.33. The summed E-state index contributed by atoms with van der Waals surface area (Å²) in [5.74, 6) is 0. The molecule has 0 amide bonds. The zero-order chi connectivity index (χ0) is 11.1. The second-order valence-electron chi connectivity index (χ2n) is 2.93. The summed E-state index contributed by atoms with van der Waals surface area (Å²) in [5.41, 5.74) is -1.80. The van der Waals surface area contributed by atoms with Crippen molar-refractivity contribution in [1.29, 1.82) is 0 Å². The molecule has 0 aliphatic heterocycles. The Labute approximate surface area is 81.6 Å². The number of para-hydroxylation sites is 1. The smallest absolute Gasteiger partial charge is 0.313 e. The summed E-state index contributed by atoms with van der Waals surface area (Å²) >= 11 is 0. The van der Waals surface area contributed by atoms with Crippen LogP contribution in [0.4, 0.5) is 13.2 Å². The Bertz CT molecular complexity index is 559. The van der Waals surface area contributed by atoms with E-state index in [9.17, 15) is 18.0 Å². The van der Waals surface area contributed by atoms with Gasteiger partial charge in [0.05, 0.1) is 22.8 Å². The van der Waals surface area contributed by atoms with Gasteiger partial charge in [-0.1, -0.05) is 6.07 Å². The van der Waals surface area contributed by atoms with E-state index in [1.807, 2.05) is 0 Å². The highest BCUT2D eigenvalue weighted by Gasteiger charge is 2.33. The molecule has 0 saturated carbocycles. The van der Waals surface area contributed by atoms with E-state index in [1.54, 1.807) is 0 Å². The Morgan fingerprint density at radius 3 is 2.67 bits per heavy atom. The minimum atomic E-state index is -4.50. The Balaban J connectivity index is 2.89. The first-order chi connectivity index (χ1) is 7.00. The van der Waals surface area contributed by atoms with Crippen LogP contribution in [0.2, 0.25) is 0 Å². The molecule has 0 bridgehead atoms. The molecule has 0 saturated heterocycles. The van der Waals surface area contributed by atoms with Gasteiger partial charge in [0.15, 0.2) is 0 Å². The van der Waals surface area contributed by atoms with Gasteiger partial charge in [-0.15, -0.1) is 0 Å². The summed E-state index contributed by atoms with van der Waals surface area (Å²) in [6.07, 6.45) is -3.54. The summed E-state index contributed by atoms with van der Waals surface area (Å²) in [4.78, 5) is 16.9. The van der Waals surface area contributed by atoms with Crippen LogP contribution in [0.15, 0.2) is 29.3 Å². The molecule has 2 rings (SSSR count). The van der Waals surface area contributed by atoms with Crippen molar-refractivity contribution >= 4 is 10.9 Å². The predicted octanol–water partition coefficient (Wildman–Crippen LogP) is 1.94. The normalized spacial score (nSPS) is 11.9. The Morgan fingerprint density at radius 2 is 2.00 bits per heavy atom. The second-order valence-corrected chi connectivity index (χ2v) is 2.93. The van der Waals surface area contributed by atoms with E-state index in [1.165, 1.54) is 12.1 Å². The van der Waals surface area contributed by atoms with Crippen LogP contribution >= 0.6 is 0 Å². The third-order valence-corrected chi connectivity index (χ3v) is 1.98. The molecule has 15 heavy (non-hydrogen) atoms. The molecule has 0 aliphatic carbocycles. The number of aromatic nitrogens is 2. The minimum absolute atomic E-state index is 0.0627. The van der Waals surface area contributed by atoms with Crippen molar-refractivity contribution in [1.82, 2.24) is 9.97 Å². The fraction of sp³-hybridized carbons (Fsp3) is 0.111. The van der Waals surface area contributed by atoms with Crippen LogP contribution in [0, 0.1) is 0 Å². The quantitative estimate of drug-likeness (QED) is 0.728. The van der Waals surface area contributed by atoms with Gasteiger partial charge in [-0.3, -0.25) is 4.79 Å². The van der Waals surface area contributed by atoms with Gasteiger partial charge < -0.3 is 4.98 Å². The average Bonchev–Trinajstić information content (AvgIpc) is 2.16. The molecule has 2 aromatic rings. The van der Waals surface area contributed by atoms with Crippen LogP contribution in [0.1, 0.15) is 5.56 Å². The lowest BCUT2D eigenvalue weighted by molar-refractivity contribution is -0.136. The molecule has 0 spiro atoms. The van der Waals surface area contributed by atoms with E-state index in [0.717, 1.165) is 12.4 Å². The van der Waals surface area contributed by atoms with Gasteiger partial charge in [0.25, 0.3) is 5.56 Å². The van der Waals surface area contributed by atoms with E-state index < -0.39 is 17.3 Å². The first-order valence-corrected chi connectivity index (χ1v) is 4.04. The van der Waals surface area contributed by atoms with Crippen molar-refractivity contribution in [2.24, 2.45) is 0 Å². The molecule has 0 fully saturated rings. The molecular formula is C9H5F3N2O. The topological polar surface area (TPSA) is 45.8 Å². The van der Waals surface area contributed by atoms with E-state index in [2.05, 4.69) is 9.97 Å². The molecule has 0 unspecified atom stereocenters. The average molecular weight is 214 g/mol. The van der Waals surface area contributed by atoms with E-state index >= 15 is 0 Å². The first kappa shape index (κ1) is 9.70. The summed E-state index contributed by atoms with van der Waals surface area (Å²) in [6, 6.07) is 3.38. The van der Waals surface area contributed by atoms with Crippen molar-refractivity contribution in [3.63, 3.8) is 0 Å². The highest BCUT2D eigenvalue weighted by atomic mass is 19.4. The maximum atomic E-state index is 12.5. The van der Waals surface area contributed by atoms with Crippen LogP contribution in [0.25, 0.3) is 10.9 Å². The summed E-state index contributed by atoms with van der Waals surface area (Å²) in [5, 5.41) is -0.0627. The largest absolute Gasteiger partial charge is 0.418 e. The van der Waals surface area contributed by atoms with Crippen molar-refractivity contribution in [2.75, 3.05) is 0 Å². The van der Waals surface area contributed by atoms with Gasteiger partial charge in [0.1, 0.15) is 0 Å². The molecule has 1 aromatic carbocycles. The number of hydrogen-bond acceptors (Lipinski definition) is 2. The van der Waals surface area contributed by atoms with E-state index in [0.29, 0.717) is 0 Å². The van der Waals surface area contributed by atoms with Gasteiger partial charge >= 0.3 is 6.18 Å². The number of rotatable bonds is 0. The standard InChI is InChI=1S/C9H5F3N2O/c10-9(11,12)6-3-1-2-5-7(6)13-4-14-8(5)15/h1-4H,(H,13,14,15). The molecule has 0 atom stereocenters. The van der Waals surface area contributed by atoms with Gasteiger partial charge in [-0.05, 0) is 12.1 Å². The lowest BCUT2D eigenvalue weighted by atomic mass is 10.1. The number of fused-ring (bicyclic) bond motifs is 1. The number of aromatic amines is 1. The number of hydrogen-bond donors (Lipinski definition) is 1. The van der Waals surface area contributed by atoms with Crippen LogP contribution in [0.3, 0.4) is 0 Å². The fourth-order valence-corrected chi connectivity index (χ4v) is 1.33. The maximum absolute atomic E-state index is 12.5. The lowest BCUT2D eigenvalue weighted by Gasteiger charge is -2.08. The monoisotopic (exact) mass is 214 g/mol. The summed E-state index contributed by atoms with van der Waals surface area (Å²) < 4.78 is 37.5. The van der Waals surface area contributed by atoms with Gasteiger partial charge in [0.2, 0.25) is 0 Å². The number of alkyl halides is 3. The van der Waals surface area contributed by atoms with Crippen LogP contribution in [-0.2, 0) is 6.18 Å². The third kappa shape index (κ3) is 1.58. The highest BCUT2D eigenvalue weighted by Crippen LogP contribution is 2.32. The molecule has 6 heteroatoms. The third-order valence-electron chi connectivity index (χ3n) is 1.98. The van der Waals surface area contributed by atoms with Crippen LogP contribution < -0.4 is 5.56 Å². The highest BCUT2D eigenvalue weighted by molar-refractivity contribution is 5.81. The Hall–Kier alpha value is -1.85. The SMILES string of the molecule is O=c1[nH]cnc2c(C(F)(F)F)cccc12. The van der Waals surface area contributed by atoms with Crippen molar-refractivity contribution in [3.05, 3.63) is 40.4 Å². The molecule has 0 aliphatic rings. The van der Waals surface area contributed by atoms with E-state index in [4.69, 9.17) is 0 Å².